The summed E-state index contributed by atoms with van der Waals surface area (Å²) >= 11 is 0. The van der Waals surface area contributed by atoms with Crippen LogP contribution in [0.3, 0.4) is 0 Å². The van der Waals surface area contributed by atoms with Crippen molar-refractivity contribution in [1.82, 2.24) is 10.3 Å². The van der Waals surface area contributed by atoms with E-state index < -0.39 is 23.3 Å². The molecule has 1 unspecified atom stereocenters. The molecule has 138 valence electrons. The van der Waals surface area contributed by atoms with E-state index in [2.05, 4.69) is 10.6 Å². The van der Waals surface area contributed by atoms with Crippen molar-refractivity contribution in [3.05, 3.63) is 63.1 Å². The first kappa shape index (κ1) is 18.0. The first-order chi connectivity index (χ1) is 12.1. The van der Waals surface area contributed by atoms with E-state index in [0.717, 1.165) is 22.9 Å². The number of hydrogen-bond acceptors (Lipinski definition) is 3. The Kier molecular flexibility index (Phi) is 4.52. The Bertz CT molecular complexity index is 905. The second-order valence-corrected chi connectivity index (χ2v) is 6.51. The summed E-state index contributed by atoms with van der Waals surface area (Å²) in [6, 6.07) is 7.17. The smallest absolute Gasteiger partial charge is 0.382 e. The number of aromatic nitrogens is 1. The molecule has 8 heteroatoms. The summed E-state index contributed by atoms with van der Waals surface area (Å²) in [5, 5.41) is 6.09. The zero-order chi connectivity index (χ0) is 19.1. The summed E-state index contributed by atoms with van der Waals surface area (Å²) in [4.78, 5) is 26.1. The molecule has 0 fully saturated rings. The third kappa shape index (κ3) is 3.58. The van der Waals surface area contributed by atoms with Crippen LogP contribution in [0, 0.1) is 6.92 Å². The summed E-state index contributed by atoms with van der Waals surface area (Å²) in [7, 11) is 0. The fraction of sp³-hybridized carbons (Fsp3) is 0.333. The Balaban J connectivity index is 1.87. The normalized spacial score (nSPS) is 19.4. The fourth-order valence-corrected chi connectivity index (χ4v) is 3.10. The van der Waals surface area contributed by atoms with E-state index in [0.29, 0.717) is 12.5 Å². The predicted molar refractivity (Wildman–Crippen MR) is 91.2 cm³/mol. The van der Waals surface area contributed by atoms with Crippen molar-refractivity contribution in [2.45, 2.75) is 38.5 Å². The average Bonchev–Trinajstić information content (AvgIpc) is 2.54. The van der Waals surface area contributed by atoms with E-state index in [-0.39, 0.29) is 17.6 Å². The molecule has 2 aromatic rings. The van der Waals surface area contributed by atoms with E-state index in [1.807, 2.05) is 32.0 Å². The van der Waals surface area contributed by atoms with Crippen LogP contribution in [-0.2, 0) is 6.18 Å². The monoisotopic (exact) mass is 365 g/mol. The molecule has 5 nitrogen and oxygen atoms in total. The van der Waals surface area contributed by atoms with Gasteiger partial charge in [-0.25, -0.2) is 0 Å². The highest BCUT2D eigenvalue weighted by atomic mass is 19.4. The lowest BCUT2D eigenvalue weighted by Crippen LogP contribution is -2.38. The van der Waals surface area contributed by atoms with Crippen molar-refractivity contribution in [2.75, 3.05) is 5.32 Å². The fourth-order valence-electron chi connectivity index (χ4n) is 3.10. The molecule has 0 saturated heterocycles. The van der Waals surface area contributed by atoms with Crippen LogP contribution in [0.2, 0.25) is 0 Å². The molecular weight excluding hydrogens is 347 g/mol. The minimum Gasteiger partial charge on any atom is -0.382 e. The Hall–Kier alpha value is -2.77. The standard InChI is InChI=1S/C18H18F3N3O2/c1-9-3-5-13-12(7-9)14(8-10(2)22-13)23-16(25)11-4-6-15(18(19,20)21)24-17(11)26/h3-7,10,14,22H,8H2,1-2H3,(H,23,25)(H,24,26)/t10?,14-/m1/s1. The van der Waals surface area contributed by atoms with E-state index in [1.165, 1.54) is 0 Å². The Morgan fingerprint density at radius 1 is 1.23 bits per heavy atom. The number of carbonyl (C=O) groups excluding carboxylic acids is 1. The molecule has 26 heavy (non-hydrogen) atoms. The minimum absolute atomic E-state index is 0.0985. The van der Waals surface area contributed by atoms with Gasteiger partial charge in [0.1, 0.15) is 11.3 Å². The van der Waals surface area contributed by atoms with Crippen LogP contribution in [0.4, 0.5) is 18.9 Å². The Morgan fingerprint density at radius 3 is 2.62 bits per heavy atom. The van der Waals surface area contributed by atoms with Crippen molar-refractivity contribution in [3.63, 3.8) is 0 Å². The number of nitrogens with one attached hydrogen (secondary N) is 3. The van der Waals surface area contributed by atoms with Crippen molar-refractivity contribution >= 4 is 11.6 Å². The van der Waals surface area contributed by atoms with Gasteiger partial charge in [0.25, 0.3) is 11.5 Å². The molecule has 1 aliphatic heterocycles. The lowest BCUT2D eigenvalue weighted by atomic mass is 9.92. The van der Waals surface area contributed by atoms with Gasteiger partial charge in [0.2, 0.25) is 0 Å². The van der Waals surface area contributed by atoms with Crippen molar-refractivity contribution in [1.29, 1.82) is 0 Å². The van der Waals surface area contributed by atoms with E-state index in [9.17, 15) is 22.8 Å². The summed E-state index contributed by atoms with van der Waals surface area (Å²) in [6.07, 6.45) is -4.07. The van der Waals surface area contributed by atoms with Gasteiger partial charge >= 0.3 is 6.18 Å². The van der Waals surface area contributed by atoms with Crippen molar-refractivity contribution < 1.29 is 18.0 Å². The number of carbonyl (C=O) groups is 1. The highest BCUT2D eigenvalue weighted by molar-refractivity contribution is 5.94. The van der Waals surface area contributed by atoms with Gasteiger partial charge in [0, 0.05) is 11.7 Å². The quantitative estimate of drug-likeness (QED) is 0.764. The van der Waals surface area contributed by atoms with Gasteiger partial charge in [0.15, 0.2) is 0 Å². The SMILES string of the molecule is Cc1ccc2c(c1)[C@H](NC(=O)c1ccc(C(F)(F)F)[nH]c1=O)CC(C)N2. The van der Waals surface area contributed by atoms with Gasteiger partial charge in [-0.1, -0.05) is 17.7 Å². The van der Waals surface area contributed by atoms with Crippen molar-refractivity contribution in [3.8, 4) is 0 Å². The number of fused-ring (bicyclic) bond motifs is 1. The van der Waals surface area contributed by atoms with Crippen LogP contribution < -0.4 is 16.2 Å². The largest absolute Gasteiger partial charge is 0.431 e. The van der Waals surface area contributed by atoms with E-state index in [1.54, 1.807) is 4.98 Å². The molecule has 0 bridgehead atoms. The lowest BCUT2D eigenvalue weighted by Gasteiger charge is -2.32. The van der Waals surface area contributed by atoms with Crippen LogP contribution in [0.5, 0.6) is 0 Å². The molecule has 0 saturated carbocycles. The first-order valence-electron chi connectivity index (χ1n) is 8.13. The number of aromatic amines is 1. The molecule has 0 aliphatic carbocycles. The van der Waals surface area contributed by atoms with Crippen LogP contribution in [0.15, 0.2) is 35.1 Å². The number of pyridine rings is 1. The molecule has 1 amide bonds. The molecule has 2 heterocycles. The first-order valence-corrected chi connectivity index (χ1v) is 8.13. The van der Waals surface area contributed by atoms with Crippen molar-refractivity contribution in [2.24, 2.45) is 0 Å². The molecule has 3 N–H and O–H groups in total. The minimum atomic E-state index is -4.67. The third-order valence-corrected chi connectivity index (χ3v) is 4.34. The molecule has 1 aromatic heterocycles. The molecule has 3 rings (SSSR count). The number of halogens is 3. The number of amides is 1. The number of benzene rings is 1. The second-order valence-electron chi connectivity index (χ2n) is 6.51. The maximum Gasteiger partial charge on any atom is 0.431 e. The summed E-state index contributed by atoms with van der Waals surface area (Å²) in [5.74, 6) is -0.702. The molecule has 2 atom stereocenters. The molecule has 1 aliphatic rings. The summed E-state index contributed by atoms with van der Waals surface area (Å²) < 4.78 is 37.9. The lowest BCUT2D eigenvalue weighted by molar-refractivity contribution is -0.141. The van der Waals surface area contributed by atoms with Crippen LogP contribution in [0.25, 0.3) is 0 Å². The number of hydrogen-bond donors (Lipinski definition) is 3. The number of aryl methyl sites for hydroxylation is 1. The van der Waals surface area contributed by atoms with Gasteiger partial charge in [-0.15, -0.1) is 0 Å². The zero-order valence-corrected chi connectivity index (χ0v) is 14.2. The zero-order valence-electron chi connectivity index (χ0n) is 14.2. The molecule has 1 aromatic carbocycles. The summed E-state index contributed by atoms with van der Waals surface area (Å²) in [6.45, 7) is 3.89. The van der Waals surface area contributed by atoms with Crippen LogP contribution >= 0.6 is 0 Å². The van der Waals surface area contributed by atoms with E-state index in [4.69, 9.17) is 0 Å². The van der Waals surface area contributed by atoms with Crippen LogP contribution in [-0.4, -0.2) is 16.9 Å². The van der Waals surface area contributed by atoms with Gasteiger partial charge in [0.05, 0.1) is 6.04 Å². The van der Waals surface area contributed by atoms with E-state index >= 15 is 0 Å². The highest BCUT2D eigenvalue weighted by Crippen LogP contribution is 2.33. The Labute approximate surface area is 147 Å². The maximum atomic E-state index is 12.6. The number of rotatable bonds is 2. The van der Waals surface area contributed by atoms with Gasteiger partial charge in [-0.05, 0) is 44.0 Å². The number of H-pyrrole nitrogens is 1. The summed E-state index contributed by atoms with van der Waals surface area (Å²) in [5.41, 5.74) is 0.199. The average molecular weight is 365 g/mol. The number of alkyl halides is 3. The molecular formula is C18H18F3N3O2. The van der Waals surface area contributed by atoms with Gasteiger partial charge in [-0.3, -0.25) is 9.59 Å². The maximum absolute atomic E-state index is 12.6. The molecule has 0 radical (unpaired) electrons. The Morgan fingerprint density at radius 2 is 1.96 bits per heavy atom. The third-order valence-electron chi connectivity index (χ3n) is 4.34. The van der Waals surface area contributed by atoms with Gasteiger partial charge < -0.3 is 15.6 Å². The number of anilines is 1. The van der Waals surface area contributed by atoms with Crippen LogP contribution in [0.1, 0.15) is 46.6 Å². The predicted octanol–water partition coefficient (Wildman–Crippen LogP) is 3.38. The molecule has 0 spiro atoms. The van der Waals surface area contributed by atoms with Gasteiger partial charge in [-0.2, -0.15) is 13.2 Å². The highest BCUT2D eigenvalue weighted by Gasteiger charge is 2.33. The second kappa shape index (κ2) is 6.51. The topological polar surface area (TPSA) is 74.0 Å².